The fraction of sp³-hybridized carbons (Fsp3) is 0.125. The van der Waals surface area contributed by atoms with Crippen molar-refractivity contribution in [1.82, 2.24) is 0 Å². The molecule has 0 bridgehead atoms. The Morgan fingerprint density at radius 2 is 1.04 bits per heavy atom. The van der Waals surface area contributed by atoms with Gasteiger partial charge in [0, 0.05) is 5.97 Å². The average Bonchev–Trinajstić information content (AvgIpc) is 2.36. The number of carboxylic acid groups (broad SMARTS) is 1. The summed E-state index contributed by atoms with van der Waals surface area (Å²) in [6, 6.07) is 0.769. The second-order valence-corrected chi connectivity index (χ2v) is 3.30. The van der Waals surface area contributed by atoms with Crippen molar-refractivity contribution in [3.63, 3.8) is 0 Å². The molecule has 0 N–H and O–H groups in total. The van der Waals surface area contributed by atoms with E-state index in [1.807, 2.05) is 0 Å². The Morgan fingerprint density at radius 3 is 1.19 bits per heavy atom. The number of carboxylic acids is 1. The van der Waals surface area contributed by atoms with Crippen LogP contribution in [0.1, 0.15) is 6.92 Å². The van der Waals surface area contributed by atoms with Gasteiger partial charge in [0.1, 0.15) is 0 Å². The number of benzene rings is 1. The quantitative estimate of drug-likeness (QED) is 0.189. The van der Waals surface area contributed by atoms with E-state index in [4.69, 9.17) is 25.2 Å². The summed E-state index contributed by atoms with van der Waals surface area (Å²) in [4.78, 5) is 44.7. The Bertz CT molecular complexity index is 626. The first-order valence-corrected chi connectivity index (χ1v) is 5.08. The van der Waals surface area contributed by atoms with Crippen molar-refractivity contribution in [3.05, 3.63) is 57.8 Å². The van der Waals surface area contributed by atoms with Crippen molar-refractivity contribution in [3.8, 4) is 5.75 Å². The summed E-state index contributed by atoms with van der Waals surface area (Å²) in [5, 5.41) is 65.7. The summed E-state index contributed by atoms with van der Waals surface area (Å²) >= 11 is 0. The Morgan fingerprint density at radius 1 is 0.808 bits per heavy atom. The maximum absolute atomic E-state index is 11.1. The minimum absolute atomic E-state index is 0. The SMILES string of the molecule is CC(=O)[O-].O=[N+]([O-])[O-].O=[N+]([O-])c1cc([N+](=O)[O-])c([O-])c([N+](=O)[O-])c1.[Pb+2].[Pb+2]. The molecular weight excluding hydrogens is 759 g/mol. The standard InChI is InChI=1S/C6H3N3O7.C2H4O2.NO3.2Pb/c10-6-4(8(13)14)1-3(7(11)12)2-5(6)9(15)16;1-2(3)4;2-1(3)4;;/h1-2,10H;1H3,(H,3,4);;;/q;;-1;2*+2/p-2. The number of hydrogen-bond donors (Lipinski definition) is 0. The first-order chi connectivity index (χ1) is 10.8. The molecule has 26 heavy (non-hydrogen) atoms. The smallest absolute Gasteiger partial charge is 0.863 e. The van der Waals surface area contributed by atoms with Gasteiger partial charge in [-0.15, -0.1) is 0 Å². The van der Waals surface area contributed by atoms with Crippen molar-refractivity contribution in [2.45, 2.75) is 6.92 Å². The van der Waals surface area contributed by atoms with Crippen molar-refractivity contribution in [2.75, 3.05) is 0 Å². The van der Waals surface area contributed by atoms with E-state index in [2.05, 4.69) is 0 Å². The van der Waals surface area contributed by atoms with E-state index in [1.54, 1.807) is 0 Å². The minimum Gasteiger partial charge on any atom is -0.863 e. The zero-order valence-corrected chi connectivity index (χ0v) is 20.1. The van der Waals surface area contributed by atoms with Gasteiger partial charge in [-0.25, -0.2) is 0 Å². The molecule has 0 aliphatic carbocycles. The van der Waals surface area contributed by atoms with Crippen molar-refractivity contribution in [2.24, 2.45) is 0 Å². The van der Waals surface area contributed by atoms with Crippen LogP contribution in [0.15, 0.2) is 12.1 Å². The van der Waals surface area contributed by atoms with E-state index in [9.17, 15) is 35.4 Å². The molecule has 4 radical (unpaired) electrons. The van der Waals surface area contributed by atoms with Gasteiger partial charge in [0.15, 0.2) is 0 Å². The van der Waals surface area contributed by atoms with Gasteiger partial charge in [0.05, 0.1) is 37.7 Å². The first-order valence-electron chi connectivity index (χ1n) is 5.08. The van der Waals surface area contributed by atoms with Crippen molar-refractivity contribution >= 4 is 77.6 Å². The summed E-state index contributed by atoms with van der Waals surface area (Å²) in [5.74, 6) is -2.54. The number of rotatable bonds is 3. The van der Waals surface area contributed by atoms with Gasteiger partial charge in [-0.05, 0) is 6.92 Å². The Hall–Kier alpha value is -2.27. The van der Waals surface area contributed by atoms with Crippen LogP contribution in [-0.2, 0) is 4.79 Å². The van der Waals surface area contributed by atoms with Crippen LogP contribution >= 0.6 is 0 Å². The van der Waals surface area contributed by atoms with Gasteiger partial charge in [-0.2, -0.15) is 0 Å². The van der Waals surface area contributed by atoms with Crippen molar-refractivity contribution in [1.29, 1.82) is 0 Å². The van der Waals surface area contributed by atoms with Crippen LogP contribution < -0.4 is 10.2 Å². The summed E-state index contributed by atoms with van der Waals surface area (Å²) in [5.41, 5.74) is -3.26. The van der Waals surface area contributed by atoms with Gasteiger partial charge in [-0.3, -0.25) is 30.3 Å². The van der Waals surface area contributed by atoms with Gasteiger partial charge in [0.2, 0.25) is 0 Å². The molecule has 18 heteroatoms. The van der Waals surface area contributed by atoms with Crippen LogP contribution in [0.4, 0.5) is 17.1 Å². The molecular formula is C8H5N4O12Pb2+. The van der Waals surface area contributed by atoms with E-state index in [0.717, 1.165) is 6.92 Å². The van der Waals surface area contributed by atoms with E-state index in [1.165, 1.54) is 0 Å². The molecule has 0 aliphatic rings. The summed E-state index contributed by atoms with van der Waals surface area (Å²) in [6.07, 6.45) is 0. The predicted molar refractivity (Wildman–Crippen MR) is 78.4 cm³/mol. The topological polar surface area (TPSA) is 259 Å². The third kappa shape index (κ3) is 14.1. The maximum Gasteiger partial charge on any atom is 2.00 e. The molecule has 0 spiro atoms. The van der Waals surface area contributed by atoms with E-state index >= 15 is 0 Å². The largest absolute Gasteiger partial charge is 2.00 e. The van der Waals surface area contributed by atoms with Crippen LogP contribution in [0.25, 0.3) is 0 Å². The number of hydrogen-bond acceptors (Lipinski definition) is 12. The summed E-state index contributed by atoms with van der Waals surface area (Å²) < 4.78 is 0. The molecule has 0 amide bonds. The number of non-ortho nitro benzene ring substituents is 1. The van der Waals surface area contributed by atoms with E-state index < -0.39 is 48.6 Å². The van der Waals surface area contributed by atoms with E-state index in [-0.39, 0.29) is 54.6 Å². The van der Waals surface area contributed by atoms with Crippen molar-refractivity contribution < 1.29 is 34.9 Å². The van der Waals surface area contributed by atoms with Gasteiger partial charge in [-0.1, -0.05) is 0 Å². The zero-order valence-electron chi connectivity index (χ0n) is 12.3. The Kier molecular flexibility index (Phi) is 18.2. The average molecular weight is 764 g/mol. The molecule has 1 aromatic rings. The fourth-order valence-corrected chi connectivity index (χ4v) is 0.961. The molecule has 0 saturated carbocycles. The Labute approximate surface area is 182 Å². The third-order valence-electron chi connectivity index (χ3n) is 1.64. The molecule has 0 atom stereocenters. The van der Waals surface area contributed by atoms with Gasteiger partial charge >= 0.3 is 54.6 Å². The molecule has 1 aromatic carbocycles. The Balaban J connectivity index is -0.000000206. The molecule has 0 aliphatic heterocycles. The second-order valence-electron chi connectivity index (χ2n) is 3.30. The molecule has 0 saturated heterocycles. The number of nitro groups is 3. The first kappa shape index (κ1) is 31.5. The van der Waals surface area contributed by atoms with Gasteiger partial charge < -0.3 is 30.3 Å². The normalized spacial score (nSPS) is 7.88. The number of nitrogens with zero attached hydrogens (tertiary/aromatic N) is 4. The predicted octanol–water partition coefficient (Wildman–Crippen LogP) is -1.76. The van der Waals surface area contributed by atoms with Gasteiger partial charge in [0.25, 0.3) is 17.1 Å². The molecule has 0 unspecified atom stereocenters. The molecule has 0 aromatic heterocycles. The molecule has 0 fully saturated rings. The fourth-order valence-electron chi connectivity index (χ4n) is 0.961. The molecule has 16 nitrogen and oxygen atoms in total. The van der Waals surface area contributed by atoms with Crippen LogP contribution in [0.5, 0.6) is 5.75 Å². The third-order valence-corrected chi connectivity index (χ3v) is 1.64. The van der Waals surface area contributed by atoms with Crippen LogP contribution in [0.2, 0.25) is 0 Å². The summed E-state index contributed by atoms with van der Waals surface area (Å²) in [7, 11) is 0. The number of carbonyl (C=O) groups is 1. The molecule has 136 valence electrons. The van der Waals surface area contributed by atoms with Crippen LogP contribution in [0, 0.1) is 45.7 Å². The monoisotopic (exact) mass is 765 g/mol. The van der Waals surface area contributed by atoms with E-state index in [0.29, 0.717) is 12.1 Å². The second kappa shape index (κ2) is 15.0. The number of carbonyl (C=O) groups excluding carboxylic acids is 1. The van der Waals surface area contributed by atoms with Crippen LogP contribution in [0.3, 0.4) is 0 Å². The van der Waals surface area contributed by atoms with Crippen LogP contribution in [-0.4, -0.2) is 80.4 Å². The molecule has 1 rings (SSSR count). The zero-order chi connectivity index (χ0) is 19.6. The molecule has 0 heterocycles. The summed E-state index contributed by atoms with van der Waals surface area (Å²) in [6.45, 7) is 0.972. The maximum atomic E-state index is 11.1. The number of nitro benzene ring substituents is 3. The number of aliphatic carboxylic acids is 1. The minimum atomic E-state index is -1.75.